The topological polar surface area (TPSA) is 0 Å². The van der Waals surface area contributed by atoms with E-state index in [0.717, 1.165) is 12.8 Å². The van der Waals surface area contributed by atoms with E-state index in [1.165, 1.54) is 0 Å². The van der Waals surface area contributed by atoms with Crippen LogP contribution in [0.2, 0.25) is 0 Å². The molecule has 0 fully saturated rings. The number of hydrogen-bond acceptors (Lipinski definition) is 0. The van der Waals surface area contributed by atoms with Gasteiger partial charge in [0.05, 0.1) is 0 Å². The second kappa shape index (κ2) is 55.8. The van der Waals surface area contributed by atoms with E-state index in [0.29, 0.717) is 0 Å². The van der Waals surface area contributed by atoms with Crippen molar-refractivity contribution < 1.29 is 98.1 Å². The molecule has 3 heteroatoms. The predicted molar refractivity (Wildman–Crippen MR) is 39.2 cm³/mol. The van der Waals surface area contributed by atoms with Crippen molar-refractivity contribution in [2.45, 2.75) is 12.8 Å². The van der Waals surface area contributed by atoms with Crippen molar-refractivity contribution in [3.05, 3.63) is 36.1 Å². The Balaban J connectivity index is -0.00000000300. The molecule has 0 unspecified atom stereocenters. The van der Waals surface area contributed by atoms with Gasteiger partial charge in [-0.25, -0.2) is 12.8 Å². The molecule has 0 saturated heterocycles. The quantitative estimate of drug-likeness (QED) is 0.625. The van der Waals surface area contributed by atoms with Crippen LogP contribution in [-0.2, 0) is 98.1 Å². The Morgan fingerprint density at radius 2 is 0.700 bits per heavy atom. The van der Waals surface area contributed by atoms with E-state index in [1.54, 1.807) is 0 Å². The van der Waals surface area contributed by atoms with Gasteiger partial charge in [-0.05, 0) is 0 Å². The summed E-state index contributed by atoms with van der Waals surface area (Å²) in [4.78, 5) is 0. The molecule has 59 valence electrons. The van der Waals surface area contributed by atoms with Crippen molar-refractivity contribution in [2.75, 3.05) is 0 Å². The molecule has 0 amide bonds. The van der Waals surface area contributed by atoms with Gasteiger partial charge in [0.1, 0.15) is 0 Å². The minimum absolute atomic E-state index is 0. The summed E-state index contributed by atoms with van der Waals surface area (Å²) in [5.41, 5.74) is 0. The van der Waals surface area contributed by atoms with Crippen molar-refractivity contribution in [3.63, 3.8) is 0 Å². The van der Waals surface area contributed by atoms with Crippen LogP contribution in [0, 0.1) is 36.1 Å². The van der Waals surface area contributed by atoms with Gasteiger partial charge in [-0.3, -0.25) is 0 Å². The van der Waals surface area contributed by atoms with Gasteiger partial charge < -0.3 is 36.1 Å². The van der Waals surface area contributed by atoms with Crippen molar-refractivity contribution in [1.82, 2.24) is 0 Å². The maximum Gasteiger partial charge on any atom is 0 e. The molecule has 0 aromatic heterocycles. The zero-order chi connectivity index (χ0) is 3.41. The summed E-state index contributed by atoms with van der Waals surface area (Å²) in [6.07, 6.45) is 1.92. The monoisotopic (exact) mass is 368 g/mol. The third-order valence-corrected chi connectivity index (χ3v) is 0.250. The molecule has 0 aromatic carbocycles. The van der Waals surface area contributed by atoms with E-state index in [-0.39, 0.29) is 120 Å². The minimum Gasteiger partial charge on any atom is -0.358 e. The molecule has 0 spiro atoms. The van der Waals surface area contributed by atoms with Crippen LogP contribution in [0.25, 0.3) is 0 Å². The van der Waals surface area contributed by atoms with Gasteiger partial charge >= 0.3 is 0 Å². The first kappa shape index (κ1) is 50.6. The molecule has 0 bridgehead atoms. The summed E-state index contributed by atoms with van der Waals surface area (Å²) in [7, 11) is 0. The zero-order valence-corrected chi connectivity index (χ0v) is 16.1. The maximum absolute atomic E-state index is 3.54. The molecule has 0 aromatic rings. The number of hydrogen-bond donors (Lipinski definition) is 0. The fourth-order valence-corrected chi connectivity index (χ4v) is 0. The van der Waals surface area contributed by atoms with Crippen LogP contribution < -0.4 is 0 Å². The number of unbranched alkanes of at least 4 members (excludes halogenated alkanes) is 1. The van der Waals surface area contributed by atoms with Gasteiger partial charge in [0.2, 0.25) is 0 Å². The summed E-state index contributed by atoms with van der Waals surface area (Å²) in [6, 6.07) is 0. The maximum atomic E-state index is 3.54. The van der Waals surface area contributed by atoms with E-state index in [4.69, 9.17) is 0 Å². The molecule has 0 atom stereocenters. The second-order valence-electron chi connectivity index (χ2n) is 0.707. The molecule has 0 nitrogen and oxygen atoms in total. The zero-order valence-electron chi connectivity index (χ0n) is 7.56. The fraction of sp³-hybridized carbons (Fsp3) is 0.286. The largest absolute Gasteiger partial charge is 0.358 e. The minimum atomic E-state index is 0. The Morgan fingerprint density at radius 1 is 0.600 bits per heavy atom. The van der Waals surface area contributed by atoms with Gasteiger partial charge in [0.15, 0.2) is 0 Å². The molecule has 0 aliphatic heterocycles. The summed E-state index contributed by atoms with van der Waals surface area (Å²) in [6.45, 7) is 7.08. The first-order valence-electron chi connectivity index (χ1n) is 1.50. The Hall–Kier alpha value is 3.31. The normalized spacial score (nSPS) is 3.00. The van der Waals surface area contributed by atoms with Gasteiger partial charge in [0.25, 0.3) is 0 Å². The van der Waals surface area contributed by atoms with E-state index in [1.807, 2.05) is 0 Å². The summed E-state index contributed by atoms with van der Waals surface area (Å²) < 4.78 is 0. The molecule has 0 rings (SSSR count). The standard InChI is InChI=1S/C4H8.3CH3.3Y/c1-3-4-2;;;;;;/h1-4H2;3*1H3;;;/q-2;3*-1;;;. The Morgan fingerprint density at radius 3 is 0.700 bits per heavy atom. The van der Waals surface area contributed by atoms with E-state index in [2.05, 4.69) is 13.8 Å². The van der Waals surface area contributed by atoms with Crippen LogP contribution >= 0.6 is 0 Å². The second-order valence-corrected chi connectivity index (χ2v) is 0.707. The van der Waals surface area contributed by atoms with Crippen molar-refractivity contribution in [3.8, 4) is 0 Å². The van der Waals surface area contributed by atoms with Crippen LogP contribution in [0.5, 0.6) is 0 Å². The third-order valence-electron chi connectivity index (χ3n) is 0.250. The Bertz CT molecular complexity index is 10.8. The average Bonchev–Trinajstić information content (AvgIpc) is 1.37. The molecular weight excluding hydrogens is 351 g/mol. The van der Waals surface area contributed by atoms with Crippen LogP contribution in [0.1, 0.15) is 12.8 Å². The smallest absolute Gasteiger partial charge is 0 e. The van der Waals surface area contributed by atoms with Gasteiger partial charge in [0, 0.05) is 98.1 Å². The molecule has 0 heterocycles. The first-order valence-corrected chi connectivity index (χ1v) is 1.50. The molecule has 3 radical (unpaired) electrons. The average molecular weight is 368 g/mol. The van der Waals surface area contributed by atoms with Crippen molar-refractivity contribution in [1.29, 1.82) is 0 Å². The molecular formula is C7H17Y3-5. The fourth-order valence-electron chi connectivity index (χ4n) is 0. The van der Waals surface area contributed by atoms with Crippen LogP contribution in [0.3, 0.4) is 0 Å². The SMILES string of the molecule is [CH2-]CC[CH2-].[CH3-].[CH3-].[CH3-].[Y].[Y].[Y]. The molecule has 10 heavy (non-hydrogen) atoms. The summed E-state index contributed by atoms with van der Waals surface area (Å²) >= 11 is 0. The summed E-state index contributed by atoms with van der Waals surface area (Å²) in [5.74, 6) is 0. The molecule has 0 aliphatic carbocycles. The van der Waals surface area contributed by atoms with Gasteiger partial charge in [-0.15, -0.1) is 0 Å². The molecule has 0 saturated carbocycles. The van der Waals surface area contributed by atoms with Crippen LogP contribution in [0.15, 0.2) is 0 Å². The van der Waals surface area contributed by atoms with Gasteiger partial charge in [-0.2, -0.15) is 0 Å². The third kappa shape index (κ3) is 64.7. The van der Waals surface area contributed by atoms with E-state index < -0.39 is 0 Å². The molecule has 0 N–H and O–H groups in total. The predicted octanol–water partition coefficient (Wildman–Crippen LogP) is 2.78. The Kier molecular flexibility index (Phi) is 283. The van der Waals surface area contributed by atoms with Crippen LogP contribution in [0.4, 0.5) is 0 Å². The Labute approximate surface area is 144 Å². The molecule has 0 aliphatic rings. The van der Waals surface area contributed by atoms with Crippen LogP contribution in [-0.4, -0.2) is 0 Å². The van der Waals surface area contributed by atoms with Crippen molar-refractivity contribution in [2.24, 2.45) is 0 Å². The number of rotatable bonds is 1. The van der Waals surface area contributed by atoms with E-state index in [9.17, 15) is 0 Å². The first-order chi connectivity index (χ1) is 1.91. The summed E-state index contributed by atoms with van der Waals surface area (Å²) in [5, 5.41) is 0. The van der Waals surface area contributed by atoms with Crippen molar-refractivity contribution >= 4 is 0 Å². The van der Waals surface area contributed by atoms with Gasteiger partial charge in [-0.1, -0.05) is 0 Å². The van der Waals surface area contributed by atoms with E-state index >= 15 is 0 Å².